The van der Waals surface area contributed by atoms with Crippen LogP contribution in [0.1, 0.15) is 38.2 Å². The van der Waals surface area contributed by atoms with Crippen molar-refractivity contribution in [3.8, 4) is 0 Å². The minimum absolute atomic E-state index is 0.111. The summed E-state index contributed by atoms with van der Waals surface area (Å²) in [6.07, 6.45) is 4.72. The summed E-state index contributed by atoms with van der Waals surface area (Å²) in [5, 5.41) is 0. The van der Waals surface area contributed by atoms with Crippen molar-refractivity contribution in [2.24, 2.45) is 5.92 Å². The van der Waals surface area contributed by atoms with E-state index in [4.69, 9.17) is 9.47 Å². The zero-order valence-electron chi connectivity index (χ0n) is 15.3. The maximum atomic E-state index is 12.8. The van der Waals surface area contributed by atoms with Crippen LogP contribution in [0.15, 0.2) is 43.0 Å². The van der Waals surface area contributed by atoms with Crippen molar-refractivity contribution in [3.63, 3.8) is 0 Å². The van der Waals surface area contributed by atoms with Gasteiger partial charge in [0.15, 0.2) is 0 Å². The van der Waals surface area contributed by atoms with Gasteiger partial charge in [-0.3, -0.25) is 4.79 Å². The average molecular weight is 357 g/mol. The number of benzene rings is 1. The lowest BCUT2D eigenvalue weighted by Gasteiger charge is -2.34. The number of cyclic esters (lactones) is 1. The number of nitrogens with zero attached hydrogens (tertiary/aromatic N) is 1. The van der Waals surface area contributed by atoms with Crippen molar-refractivity contribution in [3.05, 3.63) is 48.6 Å². The van der Waals surface area contributed by atoms with Crippen LogP contribution in [0.3, 0.4) is 0 Å². The summed E-state index contributed by atoms with van der Waals surface area (Å²) in [4.78, 5) is 26.2. The molecule has 0 N–H and O–H groups in total. The van der Waals surface area contributed by atoms with Gasteiger partial charge in [-0.05, 0) is 37.2 Å². The van der Waals surface area contributed by atoms with Crippen molar-refractivity contribution in [1.29, 1.82) is 0 Å². The van der Waals surface area contributed by atoms with Crippen LogP contribution in [-0.2, 0) is 20.7 Å². The van der Waals surface area contributed by atoms with E-state index < -0.39 is 6.09 Å². The van der Waals surface area contributed by atoms with Crippen molar-refractivity contribution < 1.29 is 19.1 Å². The first kappa shape index (κ1) is 18.6. The van der Waals surface area contributed by atoms with Crippen LogP contribution in [0, 0.1) is 5.92 Å². The van der Waals surface area contributed by atoms with E-state index in [-0.39, 0.29) is 37.2 Å². The Kier molecular flexibility index (Phi) is 6.09. The molecule has 0 saturated carbocycles. The zero-order chi connectivity index (χ0) is 18.5. The summed E-state index contributed by atoms with van der Waals surface area (Å²) in [6, 6.07) is 9.60. The average Bonchev–Trinajstić information content (AvgIpc) is 2.96. The summed E-state index contributed by atoms with van der Waals surface area (Å²) in [5.41, 5.74) is 1.09. The Balaban J connectivity index is 1.63. The number of amides is 2. The van der Waals surface area contributed by atoms with Crippen LogP contribution in [-0.4, -0.2) is 41.8 Å². The number of ether oxygens (including phenoxy) is 2. The first-order chi connectivity index (χ1) is 12.6. The molecule has 5 heteroatoms. The largest absolute Gasteiger partial charge is 0.447 e. The molecule has 3 rings (SSSR count). The van der Waals surface area contributed by atoms with Gasteiger partial charge in [0, 0.05) is 0 Å². The fourth-order valence-corrected chi connectivity index (χ4v) is 3.94. The van der Waals surface area contributed by atoms with E-state index in [1.807, 2.05) is 36.4 Å². The second kappa shape index (κ2) is 8.49. The van der Waals surface area contributed by atoms with E-state index in [1.54, 1.807) is 0 Å². The Morgan fingerprint density at radius 1 is 1.27 bits per heavy atom. The lowest BCUT2D eigenvalue weighted by Crippen LogP contribution is -2.43. The van der Waals surface area contributed by atoms with Gasteiger partial charge >= 0.3 is 6.09 Å². The maximum Gasteiger partial charge on any atom is 0.416 e. The van der Waals surface area contributed by atoms with Crippen molar-refractivity contribution in [2.75, 3.05) is 6.61 Å². The summed E-state index contributed by atoms with van der Waals surface area (Å²) < 4.78 is 11.2. The van der Waals surface area contributed by atoms with Gasteiger partial charge in [-0.2, -0.15) is 0 Å². The monoisotopic (exact) mass is 357 g/mol. The van der Waals surface area contributed by atoms with E-state index in [0.717, 1.165) is 24.8 Å². The minimum Gasteiger partial charge on any atom is -0.447 e. The molecule has 140 valence electrons. The Bertz CT molecular complexity index is 645. The number of carbonyl (C=O) groups is 2. The molecule has 2 amide bonds. The molecule has 0 spiro atoms. The standard InChI is InChI=1S/C21H27NO4/c1-3-7-18-10-15(2)11-19(26-18)13-20(23)22-17(14-25-21(22)24)12-16-8-5-4-6-9-16/h3-6,8-9,15,17-19H,1,7,10-14H2,2H3/t15-,17+,18+,19-/m0/s1. The van der Waals surface area contributed by atoms with Gasteiger partial charge in [0.2, 0.25) is 5.91 Å². The molecule has 0 bridgehead atoms. The molecule has 2 heterocycles. The summed E-state index contributed by atoms with van der Waals surface area (Å²) in [5.74, 6) is 0.294. The molecule has 2 fully saturated rings. The molecule has 1 aromatic rings. The molecule has 2 saturated heterocycles. The summed E-state index contributed by atoms with van der Waals surface area (Å²) in [7, 11) is 0. The number of hydrogen-bond donors (Lipinski definition) is 0. The van der Waals surface area contributed by atoms with Crippen LogP contribution >= 0.6 is 0 Å². The zero-order valence-corrected chi connectivity index (χ0v) is 15.3. The van der Waals surface area contributed by atoms with Crippen molar-refractivity contribution in [1.82, 2.24) is 4.90 Å². The quantitative estimate of drug-likeness (QED) is 0.728. The normalized spacial score (nSPS) is 28.7. The van der Waals surface area contributed by atoms with Gasteiger partial charge in [0.25, 0.3) is 0 Å². The first-order valence-electron chi connectivity index (χ1n) is 9.36. The Morgan fingerprint density at radius 3 is 2.73 bits per heavy atom. The predicted molar refractivity (Wildman–Crippen MR) is 98.6 cm³/mol. The van der Waals surface area contributed by atoms with Crippen molar-refractivity contribution in [2.45, 2.75) is 57.3 Å². The Morgan fingerprint density at radius 2 is 2.00 bits per heavy atom. The molecule has 0 radical (unpaired) electrons. The first-order valence-corrected chi connectivity index (χ1v) is 9.36. The molecule has 2 aliphatic rings. The highest BCUT2D eigenvalue weighted by atomic mass is 16.6. The van der Waals surface area contributed by atoms with Gasteiger partial charge in [0.1, 0.15) is 6.61 Å². The van der Waals surface area contributed by atoms with E-state index in [1.165, 1.54) is 4.90 Å². The molecular formula is C21H27NO4. The third-order valence-corrected chi connectivity index (χ3v) is 5.09. The van der Waals surface area contributed by atoms with Gasteiger partial charge in [-0.1, -0.05) is 43.3 Å². The molecule has 2 aliphatic heterocycles. The number of rotatable bonds is 6. The highest BCUT2D eigenvalue weighted by Gasteiger charge is 2.39. The number of hydrogen-bond acceptors (Lipinski definition) is 4. The molecule has 0 unspecified atom stereocenters. The van der Waals surface area contributed by atoms with E-state index in [0.29, 0.717) is 12.3 Å². The highest BCUT2D eigenvalue weighted by Crippen LogP contribution is 2.29. The smallest absolute Gasteiger partial charge is 0.416 e. The Hall–Kier alpha value is -2.14. The second-order valence-electron chi connectivity index (χ2n) is 7.37. The van der Waals surface area contributed by atoms with Crippen LogP contribution < -0.4 is 0 Å². The van der Waals surface area contributed by atoms with Gasteiger partial charge in [-0.15, -0.1) is 6.58 Å². The van der Waals surface area contributed by atoms with E-state index in [9.17, 15) is 9.59 Å². The molecule has 1 aromatic carbocycles. The van der Waals surface area contributed by atoms with E-state index >= 15 is 0 Å². The third kappa shape index (κ3) is 4.52. The maximum absolute atomic E-state index is 12.8. The van der Waals surface area contributed by atoms with Crippen LogP contribution in [0.2, 0.25) is 0 Å². The van der Waals surface area contributed by atoms with Gasteiger partial charge in [0.05, 0.1) is 24.7 Å². The minimum atomic E-state index is -0.539. The number of carbonyl (C=O) groups excluding carboxylic acids is 2. The molecular weight excluding hydrogens is 330 g/mol. The lowest BCUT2D eigenvalue weighted by atomic mass is 9.90. The fourth-order valence-electron chi connectivity index (χ4n) is 3.94. The van der Waals surface area contributed by atoms with Crippen LogP contribution in [0.5, 0.6) is 0 Å². The third-order valence-electron chi connectivity index (χ3n) is 5.09. The molecule has 5 nitrogen and oxygen atoms in total. The second-order valence-corrected chi connectivity index (χ2v) is 7.37. The van der Waals surface area contributed by atoms with Gasteiger partial charge < -0.3 is 9.47 Å². The summed E-state index contributed by atoms with van der Waals surface area (Å²) in [6.45, 7) is 6.20. The highest BCUT2D eigenvalue weighted by molar-refractivity contribution is 5.93. The van der Waals surface area contributed by atoms with Crippen LogP contribution in [0.25, 0.3) is 0 Å². The molecule has 26 heavy (non-hydrogen) atoms. The predicted octanol–water partition coefficient (Wildman–Crippen LogP) is 3.73. The SMILES string of the molecule is C=CC[C@@H]1C[C@H](C)C[C@@H](CC(=O)N2C(=O)OC[C@H]2Cc2ccccc2)O1. The van der Waals surface area contributed by atoms with Crippen LogP contribution in [0.4, 0.5) is 4.79 Å². The lowest BCUT2D eigenvalue weighted by molar-refractivity contribution is -0.136. The van der Waals surface area contributed by atoms with Crippen molar-refractivity contribution >= 4 is 12.0 Å². The topological polar surface area (TPSA) is 55.8 Å². The Labute approximate surface area is 155 Å². The number of imide groups is 1. The fraction of sp³-hybridized carbons (Fsp3) is 0.524. The van der Waals surface area contributed by atoms with E-state index in [2.05, 4.69) is 13.5 Å². The molecule has 0 aliphatic carbocycles. The molecule has 4 atom stereocenters. The van der Waals surface area contributed by atoms with Gasteiger partial charge in [-0.25, -0.2) is 9.69 Å². The molecule has 0 aromatic heterocycles. The summed E-state index contributed by atoms with van der Waals surface area (Å²) >= 11 is 0.